The highest BCUT2D eigenvalue weighted by atomic mass is 35.5. The van der Waals surface area contributed by atoms with Crippen molar-refractivity contribution in [2.24, 2.45) is 5.92 Å². The van der Waals surface area contributed by atoms with Gasteiger partial charge in [-0.15, -0.1) is 0 Å². The average molecular weight is 529 g/mol. The summed E-state index contributed by atoms with van der Waals surface area (Å²) in [6.07, 6.45) is 7.96. The third-order valence-corrected chi connectivity index (χ3v) is 7.87. The molecular weight excluding hydrogens is 503 g/mol. The average Bonchev–Trinajstić information content (AvgIpc) is 3.69. The maximum Gasteiger partial charge on any atom is 0.169 e. The first kappa shape index (κ1) is 24.6. The smallest absolute Gasteiger partial charge is 0.169 e. The molecule has 6 nitrogen and oxygen atoms in total. The topological polar surface area (TPSA) is 75.2 Å². The lowest BCUT2D eigenvalue weighted by Gasteiger charge is -2.20. The van der Waals surface area contributed by atoms with E-state index in [-0.39, 0.29) is 22.3 Å². The molecule has 2 aliphatic rings. The fraction of sp³-hybridized carbons (Fsp3) is 0.267. The molecular formula is C30H26ClFN4O2. The molecule has 0 radical (unpaired) electrons. The van der Waals surface area contributed by atoms with Crippen LogP contribution in [0.15, 0.2) is 54.9 Å². The molecule has 4 aromatic rings. The van der Waals surface area contributed by atoms with Gasteiger partial charge in [0.15, 0.2) is 12.1 Å². The summed E-state index contributed by atoms with van der Waals surface area (Å²) in [6, 6.07) is 12.7. The molecule has 38 heavy (non-hydrogen) atoms. The second-order valence-electron chi connectivity index (χ2n) is 10.1. The van der Waals surface area contributed by atoms with Gasteiger partial charge < -0.3 is 5.32 Å². The number of hydrogen-bond acceptors (Lipinski definition) is 6. The van der Waals surface area contributed by atoms with Crippen molar-refractivity contribution in [2.75, 3.05) is 18.9 Å². The molecule has 1 atom stereocenters. The van der Waals surface area contributed by atoms with Crippen molar-refractivity contribution in [1.82, 2.24) is 14.9 Å². The third kappa shape index (κ3) is 4.57. The number of anilines is 2. The Morgan fingerprint density at radius 3 is 2.58 bits per heavy atom. The Balaban J connectivity index is 1.43. The lowest BCUT2D eigenvalue weighted by molar-refractivity contribution is 0.0968. The fourth-order valence-electron chi connectivity index (χ4n) is 5.26. The SMILES string of the molecule is CN1CCCC1c1ccc(Nc2c(C(=O)C3CC3)cnc3ccc(-c4cc(F)c(C=O)c(Cl)c4)cc23)nc1. The van der Waals surface area contributed by atoms with E-state index in [4.69, 9.17) is 11.6 Å². The van der Waals surface area contributed by atoms with Crippen LogP contribution in [0, 0.1) is 11.7 Å². The van der Waals surface area contributed by atoms with E-state index in [0.717, 1.165) is 25.8 Å². The van der Waals surface area contributed by atoms with Crippen LogP contribution in [0.25, 0.3) is 22.0 Å². The van der Waals surface area contributed by atoms with Gasteiger partial charge in [-0.3, -0.25) is 19.5 Å². The Bertz CT molecular complexity index is 1550. The van der Waals surface area contributed by atoms with Crippen LogP contribution in [0.5, 0.6) is 0 Å². The second kappa shape index (κ2) is 9.89. The van der Waals surface area contributed by atoms with Crippen LogP contribution < -0.4 is 5.32 Å². The van der Waals surface area contributed by atoms with Crippen molar-refractivity contribution in [2.45, 2.75) is 31.7 Å². The molecule has 2 aromatic heterocycles. The van der Waals surface area contributed by atoms with Crippen LogP contribution >= 0.6 is 11.6 Å². The number of carbonyl (C=O) groups is 2. The number of rotatable bonds is 7. The number of aromatic nitrogens is 2. The van der Waals surface area contributed by atoms with Crippen molar-refractivity contribution >= 4 is 46.1 Å². The highest BCUT2D eigenvalue weighted by Gasteiger charge is 2.33. The molecule has 2 fully saturated rings. The van der Waals surface area contributed by atoms with Crippen LogP contribution in [-0.2, 0) is 0 Å². The highest BCUT2D eigenvalue weighted by Crippen LogP contribution is 2.39. The van der Waals surface area contributed by atoms with Crippen LogP contribution in [0.3, 0.4) is 0 Å². The molecule has 0 amide bonds. The van der Waals surface area contributed by atoms with E-state index in [0.29, 0.717) is 51.4 Å². The number of carbonyl (C=O) groups excluding carboxylic acids is 2. The summed E-state index contributed by atoms with van der Waals surface area (Å²) < 4.78 is 14.5. The Labute approximate surface area is 224 Å². The van der Waals surface area contributed by atoms with Crippen molar-refractivity contribution in [3.05, 3.63) is 82.4 Å². The maximum atomic E-state index is 14.5. The number of nitrogens with one attached hydrogen (secondary N) is 1. The first-order chi connectivity index (χ1) is 18.4. The Morgan fingerprint density at radius 1 is 1.08 bits per heavy atom. The van der Waals surface area contributed by atoms with Gasteiger partial charge in [-0.2, -0.15) is 0 Å². The van der Waals surface area contributed by atoms with Gasteiger partial charge in [0.1, 0.15) is 11.6 Å². The monoisotopic (exact) mass is 528 g/mol. The molecule has 2 aromatic carbocycles. The zero-order chi connectivity index (χ0) is 26.4. The minimum absolute atomic E-state index is 0.00927. The number of likely N-dealkylation sites (tertiary alicyclic amines) is 1. The number of Topliss-reactive ketones (excluding diaryl/α,β-unsaturated/α-hetero) is 1. The number of halogens is 2. The van der Waals surface area contributed by atoms with Gasteiger partial charge in [-0.1, -0.05) is 23.7 Å². The normalized spacial score (nSPS) is 17.6. The van der Waals surface area contributed by atoms with E-state index < -0.39 is 5.82 Å². The lowest BCUT2D eigenvalue weighted by Crippen LogP contribution is -2.17. The Morgan fingerprint density at radius 2 is 1.92 bits per heavy atom. The summed E-state index contributed by atoms with van der Waals surface area (Å²) in [5.41, 5.74) is 4.03. The number of fused-ring (bicyclic) bond motifs is 1. The Hall–Kier alpha value is -3.68. The molecule has 1 saturated carbocycles. The zero-order valence-corrected chi connectivity index (χ0v) is 21.6. The first-order valence-corrected chi connectivity index (χ1v) is 13.2. The van der Waals surface area contributed by atoms with Crippen LogP contribution in [0.1, 0.15) is 58.0 Å². The van der Waals surface area contributed by atoms with Gasteiger partial charge in [0.05, 0.1) is 27.4 Å². The summed E-state index contributed by atoms with van der Waals surface area (Å²) in [5, 5.41) is 4.15. The predicted octanol–water partition coefficient (Wildman–Crippen LogP) is 7.00. The highest BCUT2D eigenvalue weighted by molar-refractivity contribution is 6.33. The van der Waals surface area contributed by atoms with Gasteiger partial charge in [-0.25, -0.2) is 9.37 Å². The van der Waals surface area contributed by atoms with E-state index >= 15 is 0 Å². The molecule has 3 heterocycles. The van der Waals surface area contributed by atoms with Crippen molar-refractivity contribution in [3.63, 3.8) is 0 Å². The lowest BCUT2D eigenvalue weighted by atomic mass is 9.98. The number of nitrogens with zero attached hydrogens (tertiary/aromatic N) is 3. The van der Waals surface area contributed by atoms with Crippen LogP contribution in [0.4, 0.5) is 15.9 Å². The first-order valence-electron chi connectivity index (χ1n) is 12.8. The van der Waals surface area contributed by atoms with Gasteiger partial charge in [0.2, 0.25) is 0 Å². The molecule has 1 aliphatic heterocycles. The third-order valence-electron chi connectivity index (χ3n) is 7.56. The standard InChI is InChI=1S/C30H26ClFN4O2/c1-36-10-2-3-27(36)19-7-9-28(34-14-19)35-29-21-11-18(20-12-24(31)23(16-37)25(32)13-20)6-8-26(21)33-15-22(29)30(38)17-4-5-17/h6-9,11-17,27H,2-5,10H2,1H3,(H,33,34,35). The molecule has 0 spiro atoms. The summed E-state index contributed by atoms with van der Waals surface area (Å²) >= 11 is 6.17. The predicted molar refractivity (Wildman–Crippen MR) is 147 cm³/mol. The summed E-state index contributed by atoms with van der Waals surface area (Å²) in [4.78, 5) is 36.0. The van der Waals surface area contributed by atoms with E-state index in [1.54, 1.807) is 12.3 Å². The van der Waals surface area contributed by atoms with Crippen LogP contribution in [0.2, 0.25) is 5.02 Å². The van der Waals surface area contributed by atoms with Crippen molar-refractivity contribution < 1.29 is 14.0 Å². The zero-order valence-electron chi connectivity index (χ0n) is 20.9. The van der Waals surface area contributed by atoms with Crippen molar-refractivity contribution in [1.29, 1.82) is 0 Å². The Kier molecular flexibility index (Phi) is 6.41. The number of ketones is 1. The van der Waals surface area contributed by atoms with Crippen molar-refractivity contribution in [3.8, 4) is 11.1 Å². The van der Waals surface area contributed by atoms with E-state index in [1.807, 2.05) is 30.5 Å². The molecule has 0 bridgehead atoms. The maximum absolute atomic E-state index is 14.5. The number of pyridine rings is 2. The number of aldehydes is 1. The van der Waals surface area contributed by atoms with Gasteiger partial charge in [0.25, 0.3) is 0 Å². The molecule has 1 aliphatic carbocycles. The molecule has 8 heteroatoms. The molecule has 1 N–H and O–H groups in total. The molecule has 192 valence electrons. The largest absolute Gasteiger partial charge is 0.339 e. The molecule has 6 rings (SSSR count). The van der Waals surface area contributed by atoms with E-state index in [1.165, 1.54) is 18.1 Å². The van der Waals surface area contributed by atoms with E-state index in [2.05, 4.69) is 33.3 Å². The van der Waals surface area contributed by atoms with Gasteiger partial charge >= 0.3 is 0 Å². The molecule has 1 saturated heterocycles. The number of benzene rings is 2. The quantitative estimate of drug-likeness (QED) is 0.205. The molecule has 1 unspecified atom stereocenters. The van der Waals surface area contributed by atoms with E-state index in [9.17, 15) is 14.0 Å². The summed E-state index contributed by atoms with van der Waals surface area (Å²) in [6.45, 7) is 1.08. The summed E-state index contributed by atoms with van der Waals surface area (Å²) in [7, 11) is 2.13. The van der Waals surface area contributed by atoms with Gasteiger partial charge in [0, 0.05) is 29.7 Å². The second-order valence-corrected chi connectivity index (χ2v) is 10.5. The minimum atomic E-state index is -0.686. The number of hydrogen-bond donors (Lipinski definition) is 1. The van der Waals surface area contributed by atoms with Gasteiger partial charge in [-0.05, 0) is 86.3 Å². The summed E-state index contributed by atoms with van der Waals surface area (Å²) in [5.74, 6) is 0.00597. The fourth-order valence-corrected chi connectivity index (χ4v) is 5.51. The minimum Gasteiger partial charge on any atom is -0.339 e. The van der Waals surface area contributed by atoms with Crippen LogP contribution in [-0.4, -0.2) is 40.5 Å².